The molecule has 0 bridgehead atoms. The summed E-state index contributed by atoms with van der Waals surface area (Å²) in [7, 11) is 0. The van der Waals surface area contributed by atoms with Crippen LogP contribution in [0.4, 0.5) is 0 Å². The van der Waals surface area contributed by atoms with E-state index in [1.807, 2.05) is 23.9 Å². The largest absolute Gasteiger partial charge is 0.358 e. The highest BCUT2D eigenvalue weighted by Crippen LogP contribution is 2.23. The summed E-state index contributed by atoms with van der Waals surface area (Å²) in [4.78, 5) is 3.39. The minimum absolute atomic E-state index is 0.667. The first kappa shape index (κ1) is 10.9. The third-order valence-corrected chi connectivity index (χ3v) is 3.59. The molecule has 1 heterocycles. The van der Waals surface area contributed by atoms with E-state index in [2.05, 4.69) is 31.0 Å². The van der Waals surface area contributed by atoms with Crippen molar-refractivity contribution >= 4 is 34.3 Å². The van der Waals surface area contributed by atoms with Crippen LogP contribution < -0.4 is 0 Å². The lowest BCUT2D eigenvalue weighted by atomic mass is 10.2. The summed E-state index contributed by atoms with van der Waals surface area (Å²) in [5.41, 5.74) is 2.40. The monoisotopic (exact) mass is 239 g/mol. The molecule has 1 aromatic heterocycles. The molecule has 0 atom stereocenters. The zero-order chi connectivity index (χ0) is 10.8. The van der Waals surface area contributed by atoms with E-state index in [0.717, 1.165) is 16.3 Å². The van der Waals surface area contributed by atoms with Gasteiger partial charge in [0.25, 0.3) is 0 Å². The molecule has 1 N–H and O–H groups in total. The summed E-state index contributed by atoms with van der Waals surface area (Å²) >= 11 is 7.87. The highest BCUT2D eigenvalue weighted by Gasteiger charge is 2.02. The van der Waals surface area contributed by atoms with Gasteiger partial charge in [0, 0.05) is 22.0 Å². The zero-order valence-corrected chi connectivity index (χ0v) is 10.5. The molecule has 0 aliphatic carbocycles. The van der Waals surface area contributed by atoms with Crippen molar-refractivity contribution in [3.63, 3.8) is 0 Å². The highest BCUT2D eigenvalue weighted by atomic mass is 35.5. The van der Waals surface area contributed by atoms with Crippen molar-refractivity contribution in [2.45, 2.75) is 24.9 Å². The van der Waals surface area contributed by atoms with Gasteiger partial charge in [-0.3, -0.25) is 0 Å². The van der Waals surface area contributed by atoms with E-state index in [9.17, 15) is 0 Å². The van der Waals surface area contributed by atoms with Crippen LogP contribution in [0.25, 0.3) is 10.9 Å². The van der Waals surface area contributed by atoms with Gasteiger partial charge in [-0.1, -0.05) is 31.5 Å². The molecule has 1 aromatic carbocycles. The molecule has 3 heteroatoms. The average Bonchev–Trinajstić information content (AvgIpc) is 2.56. The average molecular weight is 240 g/mol. The maximum absolute atomic E-state index is 5.93. The number of fused-ring (bicyclic) bond motifs is 1. The van der Waals surface area contributed by atoms with Gasteiger partial charge in [0.1, 0.15) is 0 Å². The fourth-order valence-electron chi connectivity index (χ4n) is 1.49. The van der Waals surface area contributed by atoms with Crippen molar-refractivity contribution < 1.29 is 0 Å². The van der Waals surface area contributed by atoms with E-state index in [4.69, 9.17) is 11.6 Å². The van der Waals surface area contributed by atoms with Crippen LogP contribution in [0, 0.1) is 0 Å². The molecular formula is C12H14ClNS. The summed E-state index contributed by atoms with van der Waals surface area (Å²) in [5, 5.41) is 2.69. The van der Waals surface area contributed by atoms with Gasteiger partial charge >= 0.3 is 0 Å². The number of hydrogen-bond acceptors (Lipinski definition) is 1. The molecule has 0 unspecified atom stereocenters. The minimum atomic E-state index is 0.667. The van der Waals surface area contributed by atoms with E-state index in [-0.39, 0.29) is 0 Å². The topological polar surface area (TPSA) is 15.8 Å². The molecule has 2 aromatic rings. The number of halogens is 1. The van der Waals surface area contributed by atoms with Crippen LogP contribution in [-0.2, 0) is 5.75 Å². The van der Waals surface area contributed by atoms with Crippen LogP contribution in [0.3, 0.4) is 0 Å². The van der Waals surface area contributed by atoms with Crippen molar-refractivity contribution in [3.05, 3.63) is 35.0 Å². The van der Waals surface area contributed by atoms with Crippen LogP contribution in [0.5, 0.6) is 0 Å². The Bertz CT molecular complexity index is 462. The Kier molecular flexibility index (Phi) is 3.27. The van der Waals surface area contributed by atoms with Gasteiger partial charge in [0.15, 0.2) is 0 Å². The number of benzene rings is 1. The number of H-pyrrole nitrogens is 1. The third kappa shape index (κ3) is 2.70. The minimum Gasteiger partial charge on any atom is -0.358 e. The van der Waals surface area contributed by atoms with E-state index in [1.54, 1.807) is 0 Å². The molecule has 0 saturated carbocycles. The molecule has 0 radical (unpaired) electrons. The molecule has 15 heavy (non-hydrogen) atoms. The standard InChI is InChI=1S/C12H14ClNS/c1-8(2)15-7-11-5-9-3-4-10(13)6-12(9)14-11/h3-6,8,14H,7H2,1-2H3. The molecule has 0 amide bonds. The van der Waals surface area contributed by atoms with Crippen molar-refractivity contribution in [1.29, 1.82) is 0 Å². The number of aromatic nitrogens is 1. The summed E-state index contributed by atoms with van der Waals surface area (Å²) in [6.45, 7) is 4.42. The molecule has 0 fully saturated rings. The number of nitrogens with one attached hydrogen (secondary N) is 1. The fourth-order valence-corrected chi connectivity index (χ4v) is 2.33. The Hall–Kier alpha value is -0.600. The van der Waals surface area contributed by atoms with Crippen LogP contribution in [0.1, 0.15) is 19.5 Å². The van der Waals surface area contributed by atoms with Gasteiger partial charge in [0.05, 0.1) is 0 Å². The quantitative estimate of drug-likeness (QED) is 0.836. The second-order valence-corrected chi connectivity index (χ2v) is 5.89. The Morgan fingerprint density at radius 2 is 2.13 bits per heavy atom. The van der Waals surface area contributed by atoms with Crippen molar-refractivity contribution in [2.75, 3.05) is 0 Å². The summed E-state index contributed by atoms with van der Waals surface area (Å²) in [6, 6.07) is 8.15. The second-order valence-electron chi connectivity index (χ2n) is 3.89. The van der Waals surface area contributed by atoms with Gasteiger partial charge in [-0.2, -0.15) is 11.8 Å². The molecule has 0 saturated heterocycles. The van der Waals surface area contributed by atoms with Crippen molar-refractivity contribution in [3.8, 4) is 0 Å². The van der Waals surface area contributed by atoms with Gasteiger partial charge in [0.2, 0.25) is 0 Å². The van der Waals surface area contributed by atoms with Crippen LogP contribution >= 0.6 is 23.4 Å². The van der Waals surface area contributed by atoms with Crippen LogP contribution in [-0.4, -0.2) is 10.2 Å². The predicted molar refractivity (Wildman–Crippen MR) is 69.7 cm³/mol. The first-order valence-electron chi connectivity index (χ1n) is 5.04. The summed E-state index contributed by atoms with van der Waals surface area (Å²) in [5.74, 6) is 1.03. The lowest BCUT2D eigenvalue weighted by molar-refractivity contribution is 1.10. The Balaban J connectivity index is 2.23. The highest BCUT2D eigenvalue weighted by molar-refractivity contribution is 7.99. The molecule has 0 aliphatic heterocycles. The third-order valence-electron chi connectivity index (χ3n) is 2.21. The SMILES string of the molecule is CC(C)SCc1cc2ccc(Cl)cc2[nH]1. The van der Waals surface area contributed by atoms with E-state index >= 15 is 0 Å². The smallest absolute Gasteiger partial charge is 0.0471 e. The number of aromatic amines is 1. The maximum Gasteiger partial charge on any atom is 0.0471 e. The second kappa shape index (κ2) is 4.50. The maximum atomic E-state index is 5.93. The van der Waals surface area contributed by atoms with Crippen molar-refractivity contribution in [2.24, 2.45) is 0 Å². The number of rotatable bonds is 3. The Morgan fingerprint density at radius 1 is 1.33 bits per heavy atom. The molecule has 80 valence electrons. The van der Waals surface area contributed by atoms with Crippen LogP contribution in [0.15, 0.2) is 24.3 Å². The van der Waals surface area contributed by atoms with Gasteiger partial charge in [-0.15, -0.1) is 0 Å². The van der Waals surface area contributed by atoms with E-state index in [0.29, 0.717) is 5.25 Å². The lowest BCUT2D eigenvalue weighted by Crippen LogP contribution is -1.88. The predicted octanol–water partition coefficient (Wildman–Crippen LogP) is 4.46. The molecule has 2 rings (SSSR count). The molecule has 0 spiro atoms. The molecular weight excluding hydrogens is 226 g/mol. The number of hydrogen-bond donors (Lipinski definition) is 1. The summed E-state index contributed by atoms with van der Waals surface area (Å²) < 4.78 is 0. The first-order valence-corrected chi connectivity index (χ1v) is 6.46. The molecule has 1 nitrogen and oxygen atoms in total. The number of thioether (sulfide) groups is 1. The lowest BCUT2D eigenvalue weighted by Gasteiger charge is -2.01. The molecule has 0 aliphatic rings. The fraction of sp³-hybridized carbons (Fsp3) is 0.333. The van der Waals surface area contributed by atoms with Crippen molar-refractivity contribution in [1.82, 2.24) is 4.98 Å². The Morgan fingerprint density at radius 3 is 2.87 bits per heavy atom. The van der Waals surface area contributed by atoms with Gasteiger partial charge < -0.3 is 4.98 Å². The van der Waals surface area contributed by atoms with Crippen LogP contribution in [0.2, 0.25) is 5.02 Å². The van der Waals surface area contributed by atoms with Gasteiger partial charge in [-0.05, 0) is 28.8 Å². The van der Waals surface area contributed by atoms with Gasteiger partial charge in [-0.25, -0.2) is 0 Å². The zero-order valence-electron chi connectivity index (χ0n) is 8.88. The Labute approximate surface area is 99.2 Å². The first-order chi connectivity index (χ1) is 7.15. The summed E-state index contributed by atoms with van der Waals surface area (Å²) in [6.07, 6.45) is 0. The van der Waals surface area contributed by atoms with E-state index in [1.165, 1.54) is 11.1 Å². The van der Waals surface area contributed by atoms with E-state index < -0.39 is 0 Å². The normalized spacial score (nSPS) is 11.5.